The number of hydrogen-bond donors (Lipinski definition) is 1. The van der Waals surface area contributed by atoms with E-state index in [1.807, 2.05) is 18.4 Å². The Kier molecular flexibility index (Phi) is 1.95. The van der Waals surface area contributed by atoms with Crippen molar-refractivity contribution in [3.05, 3.63) is 18.3 Å². The molecule has 0 aliphatic heterocycles. The normalized spacial score (nSPS) is 9.44. The maximum Gasteiger partial charge on any atom is 0.137 e. The van der Waals surface area contributed by atoms with Crippen molar-refractivity contribution in [3.8, 4) is 0 Å². The summed E-state index contributed by atoms with van der Waals surface area (Å²) in [7, 11) is 0. The second kappa shape index (κ2) is 2.73. The Morgan fingerprint density at radius 1 is 1.67 bits per heavy atom. The van der Waals surface area contributed by atoms with E-state index in [4.69, 9.17) is 5.73 Å². The lowest BCUT2D eigenvalue weighted by Crippen LogP contribution is -1.90. The number of rotatable bonds is 1. The van der Waals surface area contributed by atoms with E-state index in [9.17, 15) is 0 Å². The Balaban J connectivity index is 3.01. The summed E-state index contributed by atoms with van der Waals surface area (Å²) < 4.78 is 0. The van der Waals surface area contributed by atoms with Gasteiger partial charge in [-0.25, -0.2) is 4.98 Å². The highest BCUT2D eigenvalue weighted by atomic mass is 32.2. The van der Waals surface area contributed by atoms with Gasteiger partial charge in [0.2, 0.25) is 0 Å². The summed E-state index contributed by atoms with van der Waals surface area (Å²) in [6, 6.07) is 3.83. The summed E-state index contributed by atoms with van der Waals surface area (Å²) in [5.74, 6) is 0.616. The topological polar surface area (TPSA) is 38.9 Å². The number of nitrogen functional groups attached to an aromatic ring is 1. The highest BCUT2D eigenvalue weighted by Gasteiger charge is 1.92. The van der Waals surface area contributed by atoms with E-state index < -0.39 is 0 Å². The van der Waals surface area contributed by atoms with Crippen molar-refractivity contribution < 1.29 is 0 Å². The zero-order chi connectivity index (χ0) is 6.69. The first-order valence-corrected chi connectivity index (χ1v) is 3.81. The van der Waals surface area contributed by atoms with Crippen LogP contribution in [0.5, 0.6) is 0 Å². The SMILES string of the molecule is CSc1cccnc1N. The van der Waals surface area contributed by atoms with Crippen LogP contribution in [-0.2, 0) is 0 Å². The number of thioether (sulfide) groups is 1. The molecule has 0 bridgehead atoms. The number of nitrogens with two attached hydrogens (primary N) is 1. The first-order chi connectivity index (χ1) is 4.34. The van der Waals surface area contributed by atoms with Gasteiger partial charge in [-0.15, -0.1) is 11.8 Å². The van der Waals surface area contributed by atoms with Crippen LogP contribution in [0.4, 0.5) is 5.82 Å². The fourth-order valence-corrected chi connectivity index (χ4v) is 1.05. The van der Waals surface area contributed by atoms with Gasteiger partial charge < -0.3 is 5.73 Å². The molecule has 1 aromatic heterocycles. The summed E-state index contributed by atoms with van der Waals surface area (Å²) in [5, 5.41) is 0. The van der Waals surface area contributed by atoms with E-state index in [-0.39, 0.29) is 0 Å². The minimum Gasteiger partial charge on any atom is -0.383 e. The minimum atomic E-state index is 0.616. The molecule has 0 spiro atoms. The lowest BCUT2D eigenvalue weighted by atomic mass is 10.5. The van der Waals surface area contributed by atoms with Crippen LogP contribution < -0.4 is 5.73 Å². The van der Waals surface area contributed by atoms with Crippen LogP contribution in [0.15, 0.2) is 23.2 Å². The molecule has 2 nitrogen and oxygen atoms in total. The molecule has 0 atom stereocenters. The molecule has 0 saturated carbocycles. The third-order valence-electron chi connectivity index (χ3n) is 1.02. The average molecular weight is 140 g/mol. The van der Waals surface area contributed by atoms with Crippen molar-refractivity contribution in [2.45, 2.75) is 4.90 Å². The summed E-state index contributed by atoms with van der Waals surface area (Å²) in [5.41, 5.74) is 5.50. The average Bonchev–Trinajstić information content (AvgIpc) is 1.89. The molecule has 1 heterocycles. The van der Waals surface area contributed by atoms with Gasteiger partial charge in [0.15, 0.2) is 0 Å². The molecule has 0 amide bonds. The second-order valence-corrected chi connectivity index (χ2v) is 2.44. The van der Waals surface area contributed by atoms with Crippen molar-refractivity contribution in [3.63, 3.8) is 0 Å². The van der Waals surface area contributed by atoms with Crippen molar-refractivity contribution in [1.29, 1.82) is 0 Å². The van der Waals surface area contributed by atoms with E-state index in [1.54, 1.807) is 18.0 Å². The van der Waals surface area contributed by atoms with Gasteiger partial charge >= 0.3 is 0 Å². The van der Waals surface area contributed by atoms with Crippen LogP contribution in [0, 0.1) is 0 Å². The van der Waals surface area contributed by atoms with Gasteiger partial charge in [-0.05, 0) is 18.4 Å². The predicted octanol–water partition coefficient (Wildman–Crippen LogP) is 1.39. The Bertz CT molecular complexity index is 200. The summed E-state index contributed by atoms with van der Waals surface area (Å²) >= 11 is 1.61. The van der Waals surface area contributed by atoms with Gasteiger partial charge in [0, 0.05) is 11.1 Å². The molecule has 1 rings (SSSR count). The number of hydrogen-bond acceptors (Lipinski definition) is 3. The zero-order valence-corrected chi connectivity index (χ0v) is 5.98. The molecule has 9 heavy (non-hydrogen) atoms. The molecule has 0 fully saturated rings. The molecule has 0 aliphatic carbocycles. The molecule has 0 radical (unpaired) electrons. The number of aromatic nitrogens is 1. The van der Waals surface area contributed by atoms with Crippen molar-refractivity contribution in [2.75, 3.05) is 12.0 Å². The Morgan fingerprint density at radius 2 is 2.44 bits per heavy atom. The molecule has 0 aliphatic rings. The van der Waals surface area contributed by atoms with Crippen LogP contribution in [0.25, 0.3) is 0 Å². The maximum absolute atomic E-state index is 5.50. The van der Waals surface area contributed by atoms with Crippen LogP contribution in [-0.4, -0.2) is 11.2 Å². The van der Waals surface area contributed by atoms with E-state index >= 15 is 0 Å². The smallest absolute Gasteiger partial charge is 0.137 e. The standard InChI is InChI=1S/C6H8N2S/c1-9-5-3-2-4-8-6(5)7/h2-4H,1H3,(H2,7,8). The molecular formula is C6H8N2S. The molecule has 0 unspecified atom stereocenters. The van der Waals surface area contributed by atoms with Crippen LogP contribution in [0.2, 0.25) is 0 Å². The quantitative estimate of drug-likeness (QED) is 0.599. The maximum atomic E-state index is 5.50. The molecule has 0 aromatic carbocycles. The summed E-state index contributed by atoms with van der Waals surface area (Å²) in [6.45, 7) is 0. The first-order valence-electron chi connectivity index (χ1n) is 2.59. The highest BCUT2D eigenvalue weighted by Crippen LogP contribution is 2.18. The first kappa shape index (κ1) is 6.42. The monoisotopic (exact) mass is 140 g/mol. The van der Waals surface area contributed by atoms with Gasteiger partial charge in [-0.2, -0.15) is 0 Å². The molecule has 0 saturated heterocycles. The van der Waals surface area contributed by atoms with Crippen LogP contribution in [0.3, 0.4) is 0 Å². The largest absolute Gasteiger partial charge is 0.383 e. The van der Waals surface area contributed by atoms with E-state index in [0.717, 1.165) is 4.90 Å². The lowest BCUT2D eigenvalue weighted by molar-refractivity contribution is 1.25. The highest BCUT2D eigenvalue weighted by molar-refractivity contribution is 7.98. The molecule has 48 valence electrons. The van der Waals surface area contributed by atoms with Gasteiger partial charge in [-0.1, -0.05) is 0 Å². The predicted molar refractivity (Wildman–Crippen MR) is 40.4 cm³/mol. The van der Waals surface area contributed by atoms with Crippen molar-refractivity contribution in [2.24, 2.45) is 0 Å². The Morgan fingerprint density at radius 3 is 2.89 bits per heavy atom. The minimum absolute atomic E-state index is 0.616. The molecular weight excluding hydrogens is 132 g/mol. The zero-order valence-electron chi connectivity index (χ0n) is 5.16. The summed E-state index contributed by atoms with van der Waals surface area (Å²) in [4.78, 5) is 4.95. The van der Waals surface area contributed by atoms with Gasteiger partial charge in [0.25, 0.3) is 0 Å². The number of nitrogens with zero attached hydrogens (tertiary/aromatic N) is 1. The van der Waals surface area contributed by atoms with Crippen molar-refractivity contribution >= 4 is 17.6 Å². The Labute approximate surface area is 58.5 Å². The van der Waals surface area contributed by atoms with Crippen LogP contribution >= 0.6 is 11.8 Å². The molecule has 2 N–H and O–H groups in total. The van der Waals surface area contributed by atoms with Crippen molar-refractivity contribution in [1.82, 2.24) is 4.98 Å². The van der Waals surface area contributed by atoms with Gasteiger partial charge in [0.05, 0.1) is 0 Å². The number of anilines is 1. The Hall–Kier alpha value is -0.700. The van der Waals surface area contributed by atoms with Gasteiger partial charge in [0.1, 0.15) is 5.82 Å². The lowest BCUT2D eigenvalue weighted by Gasteiger charge is -1.96. The van der Waals surface area contributed by atoms with E-state index in [0.29, 0.717) is 5.82 Å². The van der Waals surface area contributed by atoms with E-state index in [1.165, 1.54) is 0 Å². The number of pyridine rings is 1. The van der Waals surface area contributed by atoms with Crippen LogP contribution in [0.1, 0.15) is 0 Å². The third kappa shape index (κ3) is 1.36. The molecule has 1 aromatic rings. The fourth-order valence-electron chi connectivity index (χ4n) is 0.575. The second-order valence-electron chi connectivity index (χ2n) is 1.59. The fraction of sp³-hybridized carbons (Fsp3) is 0.167. The summed E-state index contributed by atoms with van der Waals surface area (Å²) in [6.07, 6.45) is 3.67. The van der Waals surface area contributed by atoms with E-state index in [2.05, 4.69) is 4.98 Å². The molecule has 3 heteroatoms. The third-order valence-corrected chi connectivity index (χ3v) is 1.80. The van der Waals surface area contributed by atoms with Gasteiger partial charge in [-0.3, -0.25) is 0 Å².